The van der Waals surface area contributed by atoms with Crippen molar-refractivity contribution in [1.29, 1.82) is 0 Å². The molecule has 0 saturated carbocycles. The minimum Gasteiger partial charge on any atom is -0.772 e. The van der Waals surface area contributed by atoms with E-state index in [0.717, 1.165) is 0 Å². The minimum absolute atomic E-state index is 0.611. The fourth-order valence-electron chi connectivity index (χ4n) is 0.122. The quantitative estimate of drug-likeness (QED) is 0.336. The number of aliphatic hydroxyl groups is 2. The Hall–Kier alpha value is 0.0300. The van der Waals surface area contributed by atoms with E-state index in [9.17, 15) is 8.76 Å². The molecule has 0 heterocycles. The van der Waals surface area contributed by atoms with Crippen molar-refractivity contribution in [3.63, 3.8) is 0 Å². The van der Waals surface area contributed by atoms with Gasteiger partial charge in [-0.2, -0.15) is 0 Å². The highest BCUT2D eigenvalue weighted by atomic mass is 32.2. The lowest BCUT2D eigenvalue weighted by Gasteiger charge is -2.04. The van der Waals surface area contributed by atoms with Crippen LogP contribution in [0.2, 0.25) is 0 Å². The molecule has 0 radical (unpaired) electrons. The van der Waals surface area contributed by atoms with Gasteiger partial charge in [-0.25, -0.2) is 0 Å². The molecule has 0 aromatic heterocycles. The van der Waals surface area contributed by atoms with Gasteiger partial charge < -0.3 is 14.8 Å². The van der Waals surface area contributed by atoms with Crippen LogP contribution in [0.1, 0.15) is 0 Å². The van der Waals surface area contributed by atoms with Crippen molar-refractivity contribution in [2.24, 2.45) is 0 Å². The van der Waals surface area contributed by atoms with Crippen LogP contribution in [0.3, 0.4) is 0 Å². The molecule has 0 aliphatic carbocycles. The van der Waals surface area contributed by atoms with Gasteiger partial charge in [0.25, 0.3) is 0 Å². The number of hydrogen-bond donors (Lipinski definition) is 2. The second-order valence-electron chi connectivity index (χ2n) is 0.951. The first-order chi connectivity index (χ1) is 3.13. The molecule has 44 valence electrons. The summed E-state index contributed by atoms with van der Waals surface area (Å²) in [6.07, 6.45) is -1.74. The van der Waals surface area contributed by atoms with Gasteiger partial charge in [0.15, 0.2) is 6.29 Å². The van der Waals surface area contributed by atoms with Crippen molar-refractivity contribution in [2.75, 3.05) is 5.75 Å². The first-order valence-corrected chi connectivity index (χ1v) is 2.79. The maximum absolute atomic E-state index is 9.49. The van der Waals surface area contributed by atoms with E-state index in [1.165, 1.54) is 0 Å². The molecule has 7 heavy (non-hydrogen) atoms. The molecule has 0 aromatic rings. The van der Waals surface area contributed by atoms with Gasteiger partial charge >= 0.3 is 0 Å². The lowest BCUT2D eigenvalue weighted by atomic mass is 10.8. The Bertz CT molecular complexity index is 70.1. The SMILES string of the molecule is O=S([O-])CC(O)O. The summed E-state index contributed by atoms with van der Waals surface area (Å²) in [5.74, 6) is -0.611. The molecule has 0 aliphatic heterocycles. The van der Waals surface area contributed by atoms with Crippen LogP contribution in [0, 0.1) is 0 Å². The minimum atomic E-state index is -2.35. The lowest BCUT2D eigenvalue weighted by molar-refractivity contribution is -0.0200. The van der Waals surface area contributed by atoms with Crippen LogP contribution in [-0.2, 0) is 11.1 Å². The molecule has 4 nitrogen and oxygen atoms in total. The molecule has 0 aliphatic rings. The molecule has 0 aromatic carbocycles. The molecule has 0 saturated heterocycles. The van der Waals surface area contributed by atoms with Gasteiger partial charge in [-0.15, -0.1) is 0 Å². The summed E-state index contributed by atoms with van der Waals surface area (Å²) in [7, 11) is 0. The molecule has 5 heteroatoms. The molecule has 1 unspecified atom stereocenters. The Kier molecular flexibility index (Phi) is 3.10. The summed E-state index contributed by atoms with van der Waals surface area (Å²) >= 11 is -2.35. The van der Waals surface area contributed by atoms with E-state index in [1.54, 1.807) is 0 Å². The number of hydrogen-bond acceptors (Lipinski definition) is 4. The fraction of sp³-hybridized carbons (Fsp3) is 1.00. The van der Waals surface area contributed by atoms with E-state index in [4.69, 9.17) is 10.2 Å². The average Bonchev–Trinajstić information content (AvgIpc) is 1.27. The first kappa shape index (κ1) is 7.03. The normalized spacial score (nSPS) is 14.9. The van der Waals surface area contributed by atoms with Gasteiger partial charge in [0.2, 0.25) is 0 Å². The summed E-state index contributed by atoms with van der Waals surface area (Å²) in [6, 6.07) is 0. The summed E-state index contributed by atoms with van der Waals surface area (Å²) in [4.78, 5) is 0. The van der Waals surface area contributed by atoms with Gasteiger partial charge in [-0.1, -0.05) is 11.1 Å². The third-order valence-corrected chi connectivity index (χ3v) is 0.855. The zero-order chi connectivity index (χ0) is 5.86. The highest BCUT2D eigenvalue weighted by Crippen LogP contribution is 1.76. The molecular weight excluding hydrogens is 120 g/mol. The van der Waals surface area contributed by atoms with Gasteiger partial charge in [-0.3, -0.25) is 4.21 Å². The van der Waals surface area contributed by atoms with E-state index in [1.807, 2.05) is 0 Å². The van der Waals surface area contributed by atoms with Crippen LogP contribution in [-0.4, -0.2) is 31.0 Å². The highest BCUT2D eigenvalue weighted by Gasteiger charge is 1.92. The predicted molar refractivity (Wildman–Crippen MR) is 22.0 cm³/mol. The van der Waals surface area contributed by atoms with Crippen LogP contribution in [0.5, 0.6) is 0 Å². The monoisotopic (exact) mass is 125 g/mol. The molecule has 0 amide bonds. The Morgan fingerprint density at radius 3 is 2.14 bits per heavy atom. The Labute approximate surface area is 43.1 Å². The van der Waals surface area contributed by atoms with Crippen LogP contribution in [0.25, 0.3) is 0 Å². The topological polar surface area (TPSA) is 80.6 Å². The lowest BCUT2D eigenvalue weighted by Crippen LogP contribution is -2.14. The third-order valence-electron chi connectivity index (χ3n) is 0.285. The van der Waals surface area contributed by atoms with Gasteiger partial charge in [-0.05, 0) is 0 Å². The van der Waals surface area contributed by atoms with Gasteiger partial charge in [0.05, 0.1) is 5.75 Å². The highest BCUT2D eigenvalue weighted by molar-refractivity contribution is 7.79. The van der Waals surface area contributed by atoms with Gasteiger partial charge in [0, 0.05) is 0 Å². The Morgan fingerprint density at radius 1 is 1.71 bits per heavy atom. The largest absolute Gasteiger partial charge is 0.772 e. The summed E-state index contributed by atoms with van der Waals surface area (Å²) < 4.78 is 19.0. The van der Waals surface area contributed by atoms with Crippen molar-refractivity contribution in [3.05, 3.63) is 0 Å². The molecule has 2 N–H and O–H groups in total. The van der Waals surface area contributed by atoms with E-state index in [0.29, 0.717) is 0 Å². The van der Waals surface area contributed by atoms with E-state index in [2.05, 4.69) is 0 Å². The van der Waals surface area contributed by atoms with Crippen molar-refractivity contribution in [1.82, 2.24) is 0 Å². The standard InChI is InChI=1S/C2H6O4S/c3-2(4)1-7(5)6/h2-4H,1H2,(H,5,6)/p-1. The Morgan fingerprint density at radius 2 is 2.14 bits per heavy atom. The second kappa shape index (κ2) is 3.09. The van der Waals surface area contributed by atoms with E-state index < -0.39 is 23.1 Å². The number of rotatable bonds is 2. The smallest absolute Gasteiger partial charge is 0.161 e. The average molecular weight is 125 g/mol. The predicted octanol–water partition coefficient (Wildman–Crippen LogP) is -1.82. The second-order valence-corrected chi connectivity index (χ2v) is 1.89. The van der Waals surface area contributed by atoms with E-state index >= 15 is 0 Å². The Balaban J connectivity index is 3.13. The summed E-state index contributed by atoms with van der Waals surface area (Å²) in [5.41, 5.74) is 0. The zero-order valence-electron chi connectivity index (χ0n) is 3.40. The third kappa shape index (κ3) is 6.03. The molecule has 1 atom stereocenters. The first-order valence-electron chi connectivity index (χ1n) is 1.55. The van der Waals surface area contributed by atoms with Crippen molar-refractivity contribution in [2.45, 2.75) is 6.29 Å². The van der Waals surface area contributed by atoms with Crippen LogP contribution in [0.4, 0.5) is 0 Å². The maximum atomic E-state index is 9.49. The molecule has 0 spiro atoms. The maximum Gasteiger partial charge on any atom is 0.161 e. The van der Waals surface area contributed by atoms with Gasteiger partial charge in [0.1, 0.15) is 0 Å². The zero-order valence-corrected chi connectivity index (χ0v) is 4.22. The number of aliphatic hydroxyl groups excluding tert-OH is 1. The molecule has 0 rings (SSSR count). The summed E-state index contributed by atoms with van der Waals surface area (Å²) in [6.45, 7) is 0. The summed E-state index contributed by atoms with van der Waals surface area (Å²) in [5, 5.41) is 15.8. The molecular formula is C2H5O4S-. The fourth-order valence-corrected chi connectivity index (χ4v) is 0.365. The van der Waals surface area contributed by atoms with Crippen molar-refractivity contribution < 1.29 is 19.0 Å². The van der Waals surface area contributed by atoms with Crippen molar-refractivity contribution in [3.8, 4) is 0 Å². The van der Waals surface area contributed by atoms with Crippen LogP contribution in [0.15, 0.2) is 0 Å². The van der Waals surface area contributed by atoms with E-state index in [-0.39, 0.29) is 0 Å². The van der Waals surface area contributed by atoms with Crippen LogP contribution >= 0.6 is 0 Å². The molecule has 0 bridgehead atoms. The van der Waals surface area contributed by atoms with Crippen molar-refractivity contribution >= 4 is 11.1 Å². The van der Waals surface area contributed by atoms with Crippen LogP contribution < -0.4 is 0 Å². The molecule has 0 fully saturated rings.